The summed E-state index contributed by atoms with van der Waals surface area (Å²) in [5.74, 6) is 0.963. The second-order valence-corrected chi connectivity index (χ2v) is 8.69. The van der Waals surface area contributed by atoms with Crippen LogP contribution in [-0.4, -0.2) is 50.1 Å². The number of hydrogen-bond donors (Lipinski definition) is 1. The molecule has 2 aromatic heterocycles. The number of benzene rings is 1. The van der Waals surface area contributed by atoms with Crippen molar-refractivity contribution in [2.45, 2.75) is 31.6 Å². The maximum atomic E-state index is 12.9. The van der Waals surface area contributed by atoms with Crippen LogP contribution in [0.15, 0.2) is 36.5 Å². The van der Waals surface area contributed by atoms with Crippen LogP contribution in [0.25, 0.3) is 11.0 Å². The van der Waals surface area contributed by atoms with E-state index in [0.29, 0.717) is 36.1 Å². The fourth-order valence-corrected chi connectivity index (χ4v) is 4.44. The van der Waals surface area contributed by atoms with Crippen molar-refractivity contribution >= 4 is 34.6 Å². The lowest BCUT2D eigenvalue weighted by Crippen LogP contribution is -2.38. The Hall–Kier alpha value is -2.87. The van der Waals surface area contributed by atoms with Gasteiger partial charge in [0.1, 0.15) is 11.0 Å². The van der Waals surface area contributed by atoms with Crippen LogP contribution in [0.5, 0.6) is 0 Å². The zero-order chi connectivity index (χ0) is 20.5. The van der Waals surface area contributed by atoms with Gasteiger partial charge < -0.3 is 10.2 Å². The lowest BCUT2D eigenvalue weighted by molar-refractivity contribution is 0.0712. The minimum absolute atomic E-state index is 0.0407. The Labute approximate surface area is 178 Å². The number of carbonyl (C=O) groups is 2. The molecule has 0 unspecified atom stereocenters. The van der Waals surface area contributed by atoms with Crippen LogP contribution in [0.1, 0.15) is 58.0 Å². The number of pyridine rings is 1. The number of likely N-dealkylation sites (tertiary alicyclic amines) is 1. The maximum Gasteiger partial charge on any atom is 0.253 e. The van der Waals surface area contributed by atoms with Gasteiger partial charge in [-0.25, -0.2) is 0 Å². The molecule has 2 fully saturated rings. The van der Waals surface area contributed by atoms with Crippen LogP contribution in [0.2, 0.25) is 0 Å². The first kappa shape index (κ1) is 19.1. The molecule has 154 valence electrons. The number of aromatic nitrogens is 3. The summed E-state index contributed by atoms with van der Waals surface area (Å²) in [6.45, 7) is 2.16. The first-order valence-electron chi connectivity index (χ1n) is 10.4. The van der Waals surface area contributed by atoms with E-state index in [4.69, 9.17) is 0 Å². The topological polar surface area (TPSA) is 88.1 Å². The summed E-state index contributed by atoms with van der Waals surface area (Å²) in [4.78, 5) is 31.5. The molecule has 1 saturated carbocycles. The molecule has 1 aliphatic heterocycles. The van der Waals surface area contributed by atoms with Gasteiger partial charge in [-0.1, -0.05) is 0 Å². The molecule has 0 radical (unpaired) electrons. The largest absolute Gasteiger partial charge is 0.352 e. The smallest absolute Gasteiger partial charge is 0.253 e. The summed E-state index contributed by atoms with van der Waals surface area (Å²) in [6.07, 6.45) is 5.84. The van der Waals surface area contributed by atoms with E-state index in [1.54, 1.807) is 6.20 Å². The van der Waals surface area contributed by atoms with Crippen molar-refractivity contribution in [3.05, 3.63) is 53.3 Å². The number of carbonyl (C=O) groups excluding carboxylic acids is 2. The molecule has 1 saturated heterocycles. The number of nitrogens with one attached hydrogen (secondary N) is 1. The van der Waals surface area contributed by atoms with Gasteiger partial charge in [0, 0.05) is 43.0 Å². The first-order valence-corrected chi connectivity index (χ1v) is 11.2. The van der Waals surface area contributed by atoms with E-state index in [1.807, 2.05) is 35.2 Å². The maximum absolute atomic E-state index is 12.9. The number of nitrogens with zero attached hydrogens (tertiary/aromatic N) is 4. The van der Waals surface area contributed by atoms with Crippen molar-refractivity contribution in [1.82, 2.24) is 23.9 Å². The molecule has 0 spiro atoms. The lowest BCUT2D eigenvalue weighted by Gasteiger charge is -2.31. The molecule has 1 aromatic carbocycles. The molecule has 0 bridgehead atoms. The predicted octanol–water partition coefficient (Wildman–Crippen LogP) is 3.25. The summed E-state index contributed by atoms with van der Waals surface area (Å²) in [5, 5.41) is 2.97. The highest BCUT2D eigenvalue weighted by atomic mass is 32.1. The quantitative estimate of drug-likeness (QED) is 0.683. The molecule has 3 aromatic rings. The zero-order valence-electron chi connectivity index (χ0n) is 16.6. The van der Waals surface area contributed by atoms with Gasteiger partial charge >= 0.3 is 0 Å². The molecular formula is C22H23N5O2S. The van der Waals surface area contributed by atoms with Crippen LogP contribution < -0.4 is 5.32 Å². The Balaban J connectivity index is 1.18. The van der Waals surface area contributed by atoms with E-state index >= 15 is 0 Å². The molecule has 30 heavy (non-hydrogen) atoms. The highest BCUT2D eigenvalue weighted by Crippen LogP contribution is 2.29. The molecule has 1 aliphatic carbocycles. The molecule has 3 heterocycles. The van der Waals surface area contributed by atoms with E-state index in [2.05, 4.69) is 19.0 Å². The normalized spacial score (nSPS) is 17.3. The molecule has 0 atom stereocenters. The Morgan fingerprint density at radius 2 is 1.77 bits per heavy atom. The van der Waals surface area contributed by atoms with Crippen LogP contribution in [0.3, 0.4) is 0 Å². The van der Waals surface area contributed by atoms with Gasteiger partial charge in [0.15, 0.2) is 0 Å². The predicted molar refractivity (Wildman–Crippen MR) is 115 cm³/mol. The summed E-state index contributed by atoms with van der Waals surface area (Å²) in [5.41, 5.74) is 3.86. The van der Waals surface area contributed by atoms with Crippen molar-refractivity contribution in [2.24, 2.45) is 5.92 Å². The average molecular weight is 422 g/mol. The summed E-state index contributed by atoms with van der Waals surface area (Å²) < 4.78 is 8.41. The van der Waals surface area contributed by atoms with Crippen LogP contribution in [0, 0.1) is 5.92 Å². The Morgan fingerprint density at radius 1 is 1.00 bits per heavy atom. The monoisotopic (exact) mass is 421 g/mol. The fourth-order valence-electron chi connectivity index (χ4n) is 3.92. The minimum atomic E-state index is -0.0475. The Bertz CT molecular complexity index is 1070. The summed E-state index contributed by atoms with van der Waals surface area (Å²) in [7, 11) is 0. The summed E-state index contributed by atoms with van der Waals surface area (Å²) in [6, 6.07) is 9.32. The van der Waals surface area contributed by atoms with Gasteiger partial charge in [-0.15, -0.1) is 0 Å². The van der Waals surface area contributed by atoms with Gasteiger partial charge in [-0.3, -0.25) is 14.6 Å². The van der Waals surface area contributed by atoms with Crippen LogP contribution >= 0.6 is 11.7 Å². The standard InChI is InChI=1S/C22H23N5O2S/c28-21(24-12-14-1-2-14)17-4-5-18(23-13-17)15-7-9-27(10-8-15)22(29)16-3-6-19-20(11-16)26-30-25-19/h3-6,11,13-15H,1-2,7-10,12H2,(H,24,28). The molecule has 1 N–H and O–H groups in total. The number of piperidine rings is 1. The number of amides is 2. The van der Waals surface area contributed by atoms with Crippen molar-refractivity contribution in [2.75, 3.05) is 19.6 Å². The van der Waals surface area contributed by atoms with E-state index < -0.39 is 0 Å². The first-order chi connectivity index (χ1) is 14.7. The van der Waals surface area contributed by atoms with E-state index in [0.717, 1.165) is 47.8 Å². The third-order valence-corrected chi connectivity index (χ3v) is 6.55. The molecule has 2 aliphatic rings. The average Bonchev–Trinajstić information content (AvgIpc) is 3.51. The van der Waals surface area contributed by atoms with E-state index in [9.17, 15) is 9.59 Å². The highest BCUT2D eigenvalue weighted by Gasteiger charge is 2.26. The molecular weight excluding hydrogens is 398 g/mol. The van der Waals surface area contributed by atoms with Gasteiger partial charge in [-0.2, -0.15) is 8.75 Å². The van der Waals surface area contributed by atoms with Gasteiger partial charge in [0.2, 0.25) is 0 Å². The lowest BCUT2D eigenvalue weighted by atomic mass is 9.92. The van der Waals surface area contributed by atoms with Gasteiger partial charge in [0.25, 0.3) is 11.8 Å². The number of hydrogen-bond acceptors (Lipinski definition) is 6. The molecule has 7 nitrogen and oxygen atoms in total. The van der Waals surface area contributed by atoms with Crippen molar-refractivity contribution in [1.29, 1.82) is 0 Å². The SMILES string of the molecule is O=C(NCC1CC1)c1ccc(C2CCN(C(=O)c3ccc4nsnc4c3)CC2)nc1. The molecule has 2 amide bonds. The van der Waals surface area contributed by atoms with E-state index in [1.165, 1.54) is 12.8 Å². The molecule has 8 heteroatoms. The molecule has 5 rings (SSSR count). The Kier molecular flexibility index (Phi) is 5.16. The van der Waals surface area contributed by atoms with Crippen LogP contribution in [0.4, 0.5) is 0 Å². The van der Waals surface area contributed by atoms with Crippen molar-refractivity contribution in [3.63, 3.8) is 0 Å². The highest BCUT2D eigenvalue weighted by molar-refractivity contribution is 7.00. The second-order valence-electron chi connectivity index (χ2n) is 8.16. The van der Waals surface area contributed by atoms with E-state index in [-0.39, 0.29) is 11.8 Å². The second kappa shape index (κ2) is 8.10. The van der Waals surface area contributed by atoms with Crippen molar-refractivity contribution in [3.8, 4) is 0 Å². The Morgan fingerprint density at radius 3 is 2.50 bits per heavy atom. The number of rotatable bonds is 5. The fraction of sp³-hybridized carbons (Fsp3) is 0.409. The van der Waals surface area contributed by atoms with Crippen LogP contribution in [-0.2, 0) is 0 Å². The van der Waals surface area contributed by atoms with Gasteiger partial charge in [-0.05, 0) is 61.9 Å². The summed E-state index contributed by atoms with van der Waals surface area (Å²) >= 11 is 1.16. The third-order valence-electron chi connectivity index (χ3n) is 6.00. The zero-order valence-corrected chi connectivity index (χ0v) is 17.4. The third kappa shape index (κ3) is 4.05. The number of fused-ring (bicyclic) bond motifs is 1. The van der Waals surface area contributed by atoms with Gasteiger partial charge in [0.05, 0.1) is 17.3 Å². The van der Waals surface area contributed by atoms with Crippen molar-refractivity contribution < 1.29 is 9.59 Å². The minimum Gasteiger partial charge on any atom is -0.352 e.